The van der Waals surface area contributed by atoms with Crippen LogP contribution in [0.5, 0.6) is 0 Å². The third-order valence-electron chi connectivity index (χ3n) is 11.9. The number of carbonyl (C=O) groups excluding carboxylic acids is 2. The Morgan fingerprint density at radius 2 is 0.815 bits per heavy atom. The van der Waals surface area contributed by atoms with E-state index in [1.54, 1.807) is 0 Å². The molecule has 0 radical (unpaired) electrons. The van der Waals surface area contributed by atoms with E-state index in [0.717, 1.165) is 57.8 Å². The minimum atomic E-state index is -5.13. The average Bonchev–Trinajstić information content (AvgIpc) is 3.29. The molecular formula is C51H93O13P. The van der Waals surface area contributed by atoms with Gasteiger partial charge >= 0.3 is 19.8 Å². The lowest BCUT2D eigenvalue weighted by Crippen LogP contribution is -2.64. The first-order valence-corrected chi connectivity index (χ1v) is 27.3. The molecular weight excluding hydrogens is 852 g/mol. The first-order valence-electron chi connectivity index (χ1n) is 25.8. The molecule has 380 valence electrons. The Morgan fingerprint density at radius 3 is 1.28 bits per heavy atom. The molecule has 0 amide bonds. The van der Waals surface area contributed by atoms with E-state index in [4.69, 9.17) is 18.5 Å². The summed E-state index contributed by atoms with van der Waals surface area (Å²) in [6.07, 6.45) is 35.0. The van der Waals surface area contributed by atoms with Crippen molar-refractivity contribution >= 4 is 19.8 Å². The molecule has 1 aliphatic carbocycles. The quantitative estimate of drug-likeness (QED) is 0.0146. The lowest BCUT2D eigenvalue weighted by atomic mass is 9.85. The summed E-state index contributed by atoms with van der Waals surface area (Å²) in [7, 11) is -5.13. The lowest BCUT2D eigenvalue weighted by Gasteiger charge is -2.41. The van der Waals surface area contributed by atoms with Gasteiger partial charge in [0.2, 0.25) is 0 Å². The number of carbonyl (C=O) groups is 2. The summed E-state index contributed by atoms with van der Waals surface area (Å²) in [5.74, 6) is -1.15. The molecule has 65 heavy (non-hydrogen) atoms. The van der Waals surface area contributed by atoms with Crippen molar-refractivity contribution in [2.75, 3.05) is 13.2 Å². The van der Waals surface area contributed by atoms with Crippen molar-refractivity contribution in [2.24, 2.45) is 0 Å². The predicted octanol–water partition coefficient (Wildman–Crippen LogP) is 11.0. The fourth-order valence-electron chi connectivity index (χ4n) is 7.77. The van der Waals surface area contributed by atoms with Crippen molar-refractivity contribution in [3.63, 3.8) is 0 Å². The number of hydrogen-bond donors (Lipinski definition) is 6. The van der Waals surface area contributed by atoms with Gasteiger partial charge in [0, 0.05) is 12.8 Å². The molecule has 0 aromatic rings. The highest BCUT2D eigenvalue weighted by atomic mass is 31.2. The largest absolute Gasteiger partial charge is 0.472 e. The van der Waals surface area contributed by atoms with Crippen LogP contribution in [0.25, 0.3) is 0 Å². The van der Waals surface area contributed by atoms with Gasteiger partial charge in [-0.05, 0) is 70.6 Å². The number of esters is 2. The van der Waals surface area contributed by atoms with Crippen LogP contribution in [0.4, 0.5) is 0 Å². The monoisotopic (exact) mass is 945 g/mol. The lowest BCUT2D eigenvalue weighted by molar-refractivity contribution is -0.220. The SMILES string of the molecule is CCCCCC/C=C/CCCCCCCC(=O)OC[C@H](COP(=O)(O)OC1C(O)C(O)C(O)[C@@H](O)C1O)OC(=O)CCC/C=C/CC/C=C/CCCCCCCCCCCCCCCC. The van der Waals surface area contributed by atoms with Gasteiger partial charge in [0.1, 0.15) is 43.2 Å². The van der Waals surface area contributed by atoms with E-state index in [9.17, 15) is 44.6 Å². The topological polar surface area (TPSA) is 210 Å². The van der Waals surface area contributed by atoms with Crippen molar-refractivity contribution in [1.29, 1.82) is 0 Å². The van der Waals surface area contributed by atoms with Crippen molar-refractivity contribution < 1.29 is 63.1 Å². The third kappa shape index (κ3) is 33.3. The molecule has 0 spiro atoms. The number of allylic oxidation sites excluding steroid dienone is 6. The molecule has 0 aromatic heterocycles. The molecule has 14 heteroatoms. The van der Waals surface area contributed by atoms with E-state index in [-0.39, 0.29) is 12.8 Å². The molecule has 0 aromatic carbocycles. The third-order valence-corrected chi connectivity index (χ3v) is 12.9. The van der Waals surface area contributed by atoms with E-state index >= 15 is 0 Å². The second-order valence-electron chi connectivity index (χ2n) is 18.0. The maximum absolute atomic E-state index is 12.8. The highest BCUT2D eigenvalue weighted by molar-refractivity contribution is 7.47. The minimum Gasteiger partial charge on any atom is -0.462 e. The Bertz CT molecular complexity index is 1280. The summed E-state index contributed by atoms with van der Waals surface area (Å²) in [5, 5.41) is 50.2. The maximum atomic E-state index is 12.8. The minimum absolute atomic E-state index is 0.0362. The second-order valence-corrected chi connectivity index (χ2v) is 19.4. The number of aliphatic hydroxyl groups is 5. The number of aliphatic hydroxyl groups excluding tert-OH is 5. The maximum Gasteiger partial charge on any atom is 0.472 e. The van der Waals surface area contributed by atoms with Crippen LogP contribution in [0.1, 0.15) is 219 Å². The number of phosphoric ester groups is 1. The molecule has 8 atom stereocenters. The van der Waals surface area contributed by atoms with Crippen LogP contribution in [0.15, 0.2) is 36.5 Å². The van der Waals surface area contributed by atoms with Gasteiger partial charge in [-0.25, -0.2) is 4.57 Å². The van der Waals surface area contributed by atoms with Crippen LogP contribution in [-0.2, 0) is 32.7 Å². The van der Waals surface area contributed by atoms with Gasteiger partial charge in [-0.15, -0.1) is 0 Å². The number of rotatable bonds is 43. The summed E-state index contributed by atoms with van der Waals surface area (Å²) in [5.41, 5.74) is 0. The van der Waals surface area contributed by atoms with Crippen LogP contribution < -0.4 is 0 Å². The van der Waals surface area contributed by atoms with Gasteiger partial charge in [-0.3, -0.25) is 18.6 Å². The summed E-state index contributed by atoms with van der Waals surface area (Å²) in [6.45, 7) is 3.27. The van der Waals surface area contributed by atoms with Crippen molar-refractivity contribution in [3.8, 4) is 0 Å². The molecule has 6 N–H and O–H groups in total. The van der Waals surface area contributed by atoms with E-state index in [1.165, 1.54) is 116 Å². The normalized spacial score (nSPS) is 21.7. The van der Waals surface area contributed by atoms with Gasteiger partial charge in [-0.1, -0.05) is 172 Å². The van der Waals surface area contributed by atoms with Crippen LogP contribution in [0, 0.1) is 0 Å². The first kappa shape index (κ1) is 61.1. The molecule has 13 nitrogen and oxygen atoms in total. The average molecular weight is 945 g/mol. The zero-order valence-electron chi connectivity index (χ0n) is 40.5. The molecule has 1 aliphatic rings. The van der Waals surface area contributed by atoms with E-state index < -0.39 is 75.7 Å². The summed E-state index contributed by atoms with van der Waals surface area (Å²) in [6, 6.07) is 0. The summed E-state index contributed by atoms with van der Waals surface area (Å²) < 4.78 is 33.5. The Balaban J connectivity index is 2.40. The van der Waals surface area contributed by atoms with Gasteiger partial charge in [-0.2, -0.15) is 0 Å². The number of hydrogen-bond acceptors (Lipinski definition) is 12. The second kappa shape index (κ2) is 41.1. The Kier molecular flexibility index (Phi) is 38.6. The fourth-order valence-corrected chi connectivity index (χ4v) is 8.75. The van der Waals surface area contributed by atoms with Crippen LogP contribution >= 0.6 is 7.82 Å². The molecule has 0 saturated heterocycles. The zero-order chi connectivity index (χ0) is 47.8. The van der Waals surface area contributed by atoms with Crippen molar-refractivity contribution in [1.82, 2.24) is 0 Å². The van der Waals surface area contributed by atoms with E-state index in [0.29, 0.717) is 19.3 Å². The van der Waals surface area contributed by atoms with Crippen molar-refractivity contribution in [2.45, 2.75) is 262 Å². The van der Waals surface area contributed by atoms with Crippen LogP contribution in [-0.4, -0.2) is 98.3 Å². The Morgan fingerprint density at radius 1 is 0.462 bits per heavy atom. The van der Waals surface area contributed by atoms with Gasteiger partial charge in [0.05, 0.1) is 6.61 Å². The van der Waals surface area contributed by atoms with Gasteiger partial charge in [0.25, 0.3) is 0 Å². The number of ether oxygens (including phenoxy) is 2. The summed E-state index contributed by atoms with van der Waals surface area (Å²) >= 11 is 0. The van der Waals surface area contributed by atoms with E-state index in [2.05, 4.69) is 44.2 Å². The predicted molar refractivity (Wildman–Crippen MR) is 258 cm³/mol. The van der Waals surface area contributed by atoms with Crippen molar-refractivity contribution in [3.05, 3.63) is 36.5 Å². The molecule has 0 bridgehead atoms. The standard InChI is InChI=1S/C51H93O13P/c1-3-5-7-9-11-13-15-17-18-19-20-21-22-23-24-25-26-28-30-32-34-36-38-40-45(53)63-43(42-62-65(59,60)64-51-49(57)47(55)46(54)48(56)50(51)58)41-61-44(52)39-37-35-33-31-29-27-16-14-12-10-8-6-4-2/h14,16,25-26,32,34,43,46-51,54-58H,3-13,15,17-24,27-31,33,35-42H2,1-2H3,(H,59,60)/b16-14+,26-25+,34-32+/t43-,46?,47-,48?,49?,50?,51?/m1/s1. The molecule has 1 fully saturated rings. The Hall–Kier alpha value is -1.93. The van der Waals surface area contributed by atoms with Crippen LogP contribution in [0.2, 0.25) is 0 Å². The fraction of sp³-hybridized carbons (Fsp3) is 0.843. The molecule has 1 rings (SSSR count). The zero-order valence-corrected chi connectivity index (χ0v) is 41.4. The first-order chi connectivity index (χ1) is 31.4. The Labute approximate surface area is 393 Å². The molecule has 0 heterocycles. The van der Waals surface area contributed by atoms with Gasteiger partial charge < -0.3 is 39.9 Å². The summed E-state index contributed by atoms with van der Waals surface area (Å²) in [4.78, 5) is 35.7. The highest BCUT2D eigenvalue weighted by Crippen LogP contribution is 2.47. The smallest absolute Gasteiger partial charge is 0.462 e. The number of phosphoric acid groups is 1. The highest BCUT2D eigenvalue weighted by Gasteiger charge is 2.51. The van der Waals surface area contributed by atoms with Crippen LogP contribution in [0.3, 0.4) is 0 Å². The van der Waals surface area contributed by atoms with Gasteiger partial charge in [0.15, 0.2) is 6.10 Å². The molecule has 1 saturated carbocycles. The number of unbranched alkanes of at least 4 members (excludes halogenated alkanes) is 25. The molecule has 0 aliphatic heterocycles. The van der Waals surface area contributed by atoms with E-state index in [1.807, 2.05) is 6.08 Å². The molecule has 6 unspecified atom stereocenters.